The molecule has 0 aliphatic carbocycles. The molecule has 1 heterocycles. The maximum absolute atomic E-state index is 13.0. The number of ether oxygens (including phenoxy) is 2. The molecular weight excluding hydrogens is 345 g/mol. The summed E-state index contributed by atoms with van der Waals surface area (Å²) >= 11 is 0. The Morgan fingerprint density at radius 2 is 2.07 bits per heavy atom. The molecule has 1 aliphatic heterocycles. The molecule has 4 nitrogen and oxygen atoms in total. The van der Waals surface area contributed by atoms with Crippen molar-refractivity contribution in [2.24, 2.45) is 0 Å². The van der Waals surface area contributed by atoms with Crippen LogP contribution in [0.5, 0.6) is 5.75 Å². The number of nitrogens with one attached hydrogen (secondary N) is 1. The molecule has 0 bridgehead atoms. The Morgan fingerprint density at radius 1 is 1.30 bits per heavy atom. The third-order valence-electron chi connectivity index (χ3n) is 4.49. The van der Waals surface area contributed by atoms with Crippen LogP contribution in [0.3, 0.4) is 0 Å². The topological polar surface area (TPSA) is 47.6 Å². The maximum Gasteiger partial charge on any atom is 0.248 e. The van der Waals surface area contributed by atoms with Crippen molar-refractivity contribution in [3.63, 3.8) is 0 Å². The number of rotatable bonds is 6. The van der Waals surface area contributed by atoms with Crippen molar-refractivity contribution in [2.45, 2.75) is 32.8 Å². The number of benzene rings is 2. The highest BCUT2D eigenvalue weighted by Crippen LogP contribution is 2.27. The van der Waals surface area contributed by atoms with Crippen LogP contribution in [0.15, 0.2) is 48.5 Å². The van der Waals surface area contributed by atoms with E-state index in [0.29, 0.717) is 18.0 Å². The first-order chi connectivity index (χ1) is 13.0. The van der Waals surface area contributed by atoms with E-state index in [0.717, 1.165) is 36.1 Å². The number of hydrogen-bond acceptors (Lipinski definition) is 3. The van der Waals surface area contributed by atoms with Crippen LogP contribution in [-0.4, -0.2) is 25.2 Å². The van der Waals surface area contributed by atoms with E-state index in [1.54, 1.807) is 12.1 Å². The third-order valence-corrected chi connectivity index (χ3v) is 4.49. The average Bonchev–Trinajstić information content (AvgIpc) is 3.16. The molecule has 1 atom stereocenters. The fourth-order valence-electron chi connectivity index (χ4n) is 2.97. The lowest BCUT2D eigenvalue weighted by Gasteiger charge is -2.15. The number of carbonyl (C=O) groups excluding carboxylic acids is 1. The first-order valence-corrected chi connectivity index (χ1v) is 9.11. The molecule has 1 fully saturated rings. The maximum atomic E-state index is 13.0. The van der Waals surface area contributed by atoms with Crippen LogP contribution in [0.25, 0.3) is 5.57 Å². The molecule has 0 saturated carbocycles. The minimum absolute atomic E-state index is 0.106. The summed E-state index contributed by atoms with van der Waals surface area (Å²) in [6.45, 7) is 5.04. The Labute approximate surface area is 159 Å². The molecule has 0 radical (unpaired) electrons. The molecule has 1 amide bonds. The highest BCUT2D eigenvalue weighted by molar-refractivity contribution is 6.04. The van der Waals surface area contributed by atoms with Gasteiger partial charge in [-0.2, -0.15) is 0 Å². The molecule has 27 heavy (non-hydrogen) atoms. The molecule has 1 unspecified atom stereocenters. The van der Waals surface area contributed by atoms with Gasteiger partial charge in [-0.15, -0.1) is 0 Å². The molecule has 2 aromatic carbocycles. The predicted octanol–water partition coefficient (Wildman–Crippen LogP) is 4.73. The molecule has 3 rings (SSSR count). The molecule has 142 valence electrons. The van der Waals surface area contributed by atoms with E-state index in [1.807, 2.05) is 32.0 Å². The van der Waals surface area contributed by atoms with Crippen molar-refractivity contribution in [2.75, 3.05) is 18.5 Å². The molecule has 0 aromatic heterocycles. The van der Waals surface area contributed by atoms with Crippen LogP contribution in [0.1, 0.15) is 30.9 Å². The second kappa shape index (κ2) is 8.82. The predicted molar refractivity (Wildman–Crippen MR) is 104 cm³/mol. The van der Waals surface area contributed by atoms with E-state index in [4.69, 9.17) is 9.47 Å². The summed E-state index contributed by atoms with van der Waals surface area (Å²) in [5.41, 5.74) is 3.21. The largest absolute Gasteiger partial charge is 0.489 e. The zero-order valence-electron chi connectivity index (χ0n) is 15.6. The van der Waals surface area contributed by atoms with Crippen molar-refractivity contribution < 1.29 is 18.7 Å². The molecule has 1 N–H and O–H groups in total. The van der Waals surface area contributed by atoms with Gasteiger partial charge in [-0.1, -0.05) is 18.2 Å². The Balaban J connectivity index is 1.69. The first-order valence-electron chi connectivity index (χ1n) is 9.11. The van der Waals surface area contributed by atoms with Crippen LogP contribution >= 0.6 is 0 Å². The van der Waals surface area contributed by atoms with Crippen LogP contribution in [0.4, 0.5) is 10.1 Å². The van der Waals surface area contributed by atoms with Crippen LogP contribution < -0.4 is 10.1 Å². The molecule has 1 saturated heterocycles. The van der Waals surface area contributed by atoms with Crippen molar-refractivity contribution in [3.05, 3.63) is 65.5 Å². The minimum Gasteiger partial charge on any atom is -0.489 e. The Morgan fingerprint density at radius 3 is 2.78 bits per heavy atom. The minimum atomic E-state index is -0.302. The highest BCUT2D eigenvalue weighted by atomic mass is 19.1. The number of anilines is 1. The second-order valence-corrected chi connectivity index (χ2v) is 6.77. The first kappa shape index (κ1) is 19.1. The lowest BCUT2D eigenvalue weighted by atomic mass is 10.1. The molecular formula is C22H24FNO3. The number of carbonyl (C=O) groups is 1. The second-order valence-electron chi connectivity index (χ2n) is 6.77. The van der Waals surface area contributed by atoms with Gasteiger partial charge in [-0.05, 0) is 67.7 Å². The van der Waals surface area contributed by atoms with Gasteiger partial charge in [0.1, 0.15) is 18.2 Å². The van der Waals surface area contributed by atoms with Crippen molar-refractivity contribution in [1.82, 2.24) is 0 Å². The highest BCUT2D eigenvalue weighted by Gasteiger charge is 2.17. The summed E-state index contributed by atoms with van der Waals surface area (Å²) in [4.78, 5) is 12.4. The van der Waals surface area contributed by atoms with E-state index in [-0.39, 0.29) is 17.8 Å². The SMILES string of the molecule is C/C(=C\C(=O)Nc1ccc(C)cc1OCC1CCCO1)c1ccc(F)cc1. The van der Waals surface area contributed by atoms with Gasteiger partial charge in [0.2, 0.25) is 5.91 Å². The molecule has 1 aliphatic rings. The van der Waals surface area contributed by atoms with Gasteiger partial charge in [-0.3, -0.25) is 4.79 Å². The Bertz CT molecular complexity index is 824. The van der Waals surface area contributed by atoms with Gasteiger partial charge in [-0.25, -0.2) is 4.39 Å². The summed E-state index contributed by atoms with van der Waals surface area (Å²) < 4.78 is 24.5. The Kier molecular flexibility index (Phi) is 6.24. The van der Waals surface area contributed by atoms with E-state index < -0.39 is 0 Å². The number of allylic oxidation sites excluding steroid dienone is 1. The van der Waals surface area contributed by atoms with E-state index >= 15 is 0 Å². The van der Waals surface area contributed by atoms with Gasteiger partial charge >= 0.3 is 0 Å². The number of hydrogen-bond donors (Lipinski definition) is 1. The van der Waals surface area contributed by atoms with Gasteiger partial charge in [0, 0.05) is 12.7 Å². The standard InChI is InChI=1S/C22H24FNO3/c1-15-5-10-20(21(12-15)27-14-19-4-3-11-26-19)24-22(25)13-16(2)17-6-8-18(23)9-7-17/h5-10,12-13,19H,3-4,11,14H2,1-2H3,(H,24,25)/b16-13+. The van der Waals surface area contributed by atoms with Crippen molar-refractivity contribution in [3.8, 4) is 5.75 Å². The molecule has 2 aromatic rings. The molecule has 5 heteroatoms. The van der Waals surface area contributed by atoms with Gasteiger partial charge < -0.3 is 14.8 Å². The summed E-state index contributed by atoms with van der Waals surface area (Å²) in [7, 11) is 0. The summed E-state index contributed by atoms with van der Waals surface area (Å²) in [5.74, 6) is 0.0676. The third kappa shape index (κ3) is 5.41. The summed E-state index contributed by atoms with van der Waals surface area (Å²) in [6.07, 6.45) is 3.65. The zero-order chi connectivity index (χ0) is 19.2. The van der Waals surface area contributed by atoms with E-state index in [9.17, 15) is 9.18 Å². The van der Waals surface area contributed by atoms with Crippen LogP contribution in [-0.2, 0) is 9.53 Å². The average molecular weight is 369 g/mol. The van der Waals surface area contributed by atoms with Gasteiger partial charge in [0.05, 0.1) is 11.8 Å². The molecule has 0 spiro atoms. The summed E-state index contributed by atoms with van der Waals surface area (Å²) in [6, 6.07) is 11.7. The fourth-order valence-corrected chi connectivity index (χ4v) is 2.97. The monoisotopic (exact) mass is 369 g/mol. The zero-order valence-corrected chi connectivity index (χ0v) is 15.6. The van der Waals surface area contributed by atoms with E-state index in [2.05, 4.69) is 5.32 Å². The van der Waals surface area contributed by atoms with E-state index in [1.165, 1.54) is 18.2 Å². The fraction of sp³-hybridized carbons (Fsp3) is 0.318. The number of amides is 1. The summed E-state index contributed by atoms with van der Waals surface area (Å²) in [5, 5.41) is 2.87. The quantitative estimate of drug-likeness (QED) is 0.749. The lowest BCUT2D eigenvalue weighted by molar-refractivity contribution is -0.111. The van der Waals surface area contributed by atoms with Crippen molar-refractivity contribution >= 4 is 17.2 Å². The number of halogens is 1. The lowest BCUT2D eigenvalue weighted by Crippen LogP contribution is -2.17. The van der Waals surface area contributed by atoms with Gasteiger partial charge in [0.25, 0.3) is 0 Å². The smallest absolute Gasteiger partial charge is 0.248 e. The van der Waals surface area contributed by atoms with Crippen LogP contribution in [0.2, 0.25) is 0 Å². The Hall–Kier alpha value is -2.66. The van der Waals surface area contributed by atoms with Crippen LogP contribution in [0, 0.1) is 12.7 Å². The normalized spacial score (nSPS) is 17.0. The van der Waals surface area contributed by atoms with Crippen molar-refractivity contribution in [1.29, 1.82) is 0 Å². The number of aryl methyl sites for hydroxylation is 1. The van der Waals surface area contributed by atoms with Gasteiger partial charge in [0.15, 0.2) is 0 Å².